The molecule has 20 heavy (non-hydrogen) atoms. The van der Waals surface area contributed by atoms with Crippen molar-refractivity contribution < 1.29 is 9.84 Å². The van der Waals surface area contributed by atoms with Crippen LogP contribution in [-0.2, 0) is 4.74 Å². The third kappa shape index (κ3) is 5.30. The molecule has 0 saturated carbocycles. The van der Waals surface area contributed by atoms with E-state index in [-0.39, 0.29) is 6.61 Å². The predicted octanol–water partition coefficient (Wildman–Crippen LogP) is 1.84. The Balaban J connectivity index is 2.68. The van der Waals surface area contributed by atoms with Gasteiger partial charge in [0.05, 0.1) is 19.8 Å². The zero-order valence-electron chi connectivity index (χ0n) is 12.6. The Morgan fingerprint density at radius 1 is 1.15 bits per heavy atom. The second-order valence-electron chi connectivity index (χ2n) is 4.83. The predicted molar refractivity (Wildman–Crippen MR) is 81.3 cm³/mol. The van der Waals surface area contributed by atoms with E-state index in [0.717, 1.165) is 30.2 Å². The number of aromatic nitrogens is 2. The normalized spacial score (nSPS) is 10.8. The Labute approximate surface area is 121 Å². The summed E-state index contributed by atoms with van der Waals surface area (Å²) in [7, 11) is 0. The summed E-state index contributed by atoms with van der Waals surface area (Å²) >= 11 is 0. The van der Waals surface area contributed by atoms with Crippen molar-refractivity contribution in [2.24, 2.45) is 0 Å². The Hall–Kier alpha value is -1.40. The fourth-order valence-corrected chi connectivity index (χ4v) is 1.88. The molecule has 0 aliphatic heterocycles. The highest BCUT2D eigenvalue weighted by molar-refractivity contribution is 5.58. The SMILES string of the molecule is CCCNc1ncnc(NCCOCCO)c1C(C)C. The number of aliphatic hydroxyl groups is 1. The lowest BCUT2D eigenvalue weighted by Crippen LogP contribution is -2.15. The highest BCUT2D eigenvalue weighted by Crippen LogP contribution is 2.28. The van der Waals surface area contributed by atoms with E-state index in [9.17, 15) is 0 Å². The number of aliphatic hydroxyl groups excluding tert-OH is 1. The van der Waals surface area contributed by atoms with Crippen LogP contribution in [0.1, 0.15) is 38.7 Å². The summed E-state index contributed by atoms with van der Waals surface area (Å²) in [6.45, 7) is 8.90. The van der Waals surface area contributed by atoms with E-state index in [1.54, 1.807) is 6.33 Å². The molecule has 6 nitrogen and oxygen atoms in total. The van der Waals surface area contributed by atoms with Crippen molar-refractivity contribution in [2.75, 3.05) is 43.5 Å². The summed E-state index contributed by atoms with van der Waals surface area (Å²) in [4.78, 5) is 8.65. The van der Waals surface area contributed by atoms with E-state index in [1.807, 2.05) is 0 Å². The van der Waals surface area contributed by atoms with Gasteiger partial charge in [-0.25, -0.2) is 9.97 Å². The van der Waals surface area contributed by atoms with Crippen LogP contribution in [0.3, 0.4) is 0 Å². The van der Waals surface area contributed by atoms with Crippen molar-refractivity contribution >= 4 is 11.6 Å². The third-order valence-electron chi connectivity index (χ3n) is 2.78. The molecule has 114 valence electrons. The average Bonchev–Trinajstić information content (AvgIpc) is 2.44. The molecular formula is C14H26N4O2. The molecule has 0 radical (unpaired) electrons. The number of ether oxygens (including phenoxy) is 1. The zero-order valence-corrected chi connectivity index (χ0v) is 12.6. The molecule has 1 heterocycles. The molecule has 0 bridgehead atoms. The summed E-state index contributed by atoms with van der Waals surface area (Å²) in [6, 6.07) is 0. The first-order valence-corrected chi connectivity index (χ1v) is 7.21. The molecule has 0 saturated heterocycles. The Bertz CT molecular complexity index is 385. The Morgan fingerprint density at radius 2 is 1.80 bits per heavy atom. The van der Waals surface area contributed by atoms with E-state index in [2.05, 4.69) is 41.4 Å². The molecule has 0 amide bonds. The van der Waals surface area contributed by atoms with Gasteiger partial charge in [-0.3, -0.25) is 0 Å². The van der Waals surface area contributed by atoms with E-state index < -0.39 is 0 Å². The number of hydrogen-bond donors (Lipinski definition) is 3. The maximum atomic E-state index is 8.64. The van der Waals surface area contributed by atoms with Gasteiger partial charge in [-0.2, -0.15) is 0 Å². The van der Waals surface area contributed by atoms with Gasteiger partial charge in [-0.1, -0.05) is 20.8 Å². The van der Waals surface area contributed by atoms with Crippen molar-refractivity contribution in [3.63, 3.8) is 0 Å². The quantitative estimate of drug-likeness (QED) is 0.568. The van der Waals surface area contributed by atoms with Crippen LogP contribution in [0.25, 0.3) is 0 Å². The first-order valence-electron chi connectivity index (χ1n) is 7.21. The van der Waals surface area contributed by atoms with Crippen LogP contribution in [0, 0.1) is 0 Å². The average molecular weight is 282 g/mol. The molecule has 0 atom stereocenters. The van der Waals surface area contributed by atoms with Gasteiger partial charge in [0.1, 0.15) is 18.0 Å². The van der Waals surface area contributed by atoms with Gasteiger partial charge >= 0.3 is 0 Å². The van der Waals surface area contributed by atoms with Gasteiger partial charge in [0, 0.05) is 18.7 Å². The van der Waals surface area contributed by atoms with E-state index in [0.29, 0.717) is 25.7 Å². The minimum absolute atomic E-state index is 0.0514. The number of nitrogens with one attached hydrogen (secondary N) is 2. The Kier molecular flexibility index (Phi) is 7.91. The van der Waals surface area contributed by atoms with Gasteiger partial charge in [-0.05, 0) is 12.3 Å². The van der Waals surface area contributed by atoms with Crippen LogP contribution < -0.4 is 10.6 Å². The van der Waals surface area contributed by atoms with Crippen LogP contribution in [0.4, 0.5) is 11.6 Å². The van der Waals surface area contributed by atoms with E-state index >= 15 is 0 Å². The van der Waals surface area contributed by atoms with Crippen molar-refractivity contribution in [2.45, 2.75) is 33.1 Å². The van der Waals surface area contributed by atoms with Crippen molar-refractivity contribution in [3.05, 3.63) is 11.9 Å². The molecular weight excluding hydrogens is 256 g/mol. The first-order chi connectivity index (χ1) is 9.70. The maximum absolute atomic E-state index is 8.64. The topological polar surface area (TPSA) is 79.3 Å². The molecule has 0 fully saturated rings. The molecule has 0 aliphatic carbocycles. The molecule has 0 aliphatic rings. The first kappa shape index (κ1) is 16.7. The van der Waals surface area contributed by atoms with Crippen LogP contribution in [-0.4, -0.2) is 48.0 Å². The molecule has 1 aromatic rings. The second kappa shape index (κ2) is 9.50. The summed E-state index contributed by atoms with van der Waals surface area (Å²) in [5.41, 5.74) is 1.10. The second-order valence-corrected chi connectivity index (χ2v) is 4.83. The zero-order chi connectivity index (χ0) is 14.8. The highest BCUT2D eigenvalue weighted by atomic mass is 16.5. The van der Waals surface area contributed by atoms with Crippen molar-refractivity contribution in [3.8, 4) is 0 Å². The monoisotopic (exact) mass is 282 g/mol. The lowest BCUT2D eigenvalue weighted by atomic mass is 10.0. The summed E-state index contributed by atoms with van der Waals surface area (Å²) in [5, 5.41) is 15.3. The van der Waals surface area contributed by atoms with Crippen LogP contribution in [0.2, 0.25) is 0 Å². The number of anilines is 2. The fourth-order valence-electron chi connectivity index (χ4n) is 1.88. The van der Waals surface area contributed by atoms with Gasteiger partial charge in [0.25, 0.3) is 0 Å². The van der Waals surface area contributed by atoms with Gasteiger partial charge < -0.3 is 20.5 Å². The maximum Gasteiger partial charge on any atom is 0.135 e. The third-order valence-corrected chi connectivity index (χ3v) is 2.78. The lowest BCUT2D eigenvalue weighted by Gasteiger charge is -2.17. The van der Waals surface area contributed by atoms with E-state index in [4.69, 9.17) is 9.84 Å². The fraction of sp³-hybridized carbons (Fsp3) is 0.714. The molecule has 3 N–H and O–H groups in total. The van der Waals surface area contributed by atoms with Gasteiger partial charge in [0.2, 0.25) is 0 Å². The highest BCUT2D eigenvalue weighted by Gasteiger charge is 2.14. The summed E-state index contributed by atoms with van der Waals surface area (Å²) in [6.07, 6.45) is 2.63. The van der Waals surface area contributed by atoms with E-state index in [1.165, 1.54) is 0 Å². The number of nitrogens with zero attached hydrogens (tertiary/aromatic N) is 2. The summed E-state index contributed by atoms with van der Waals surface area (Å²) in [5.74, 6) is 2.08. The largest absolute Gasteiger partial charge is 0.394 e. The molecule has 6 heteroatoms. The molecule has 1 rings (SSSR count). The molecule has 0 unspecified atom stereocenters. The number of rotatable bonds is 10. The van der Waals surface area contributed by atoms with Crippen LogP contribution in [0.5, 0.6) is 0 Å². The van der Waals surface area contributed by atoms with Gasteiger partial charge in [0.15, 0.2) is 0 Å². The summed E-state index contributed by atoms with van der Waals surface area (Å²) < 4.78 is 5.23. The van der Waals surface area contributed by atoms with Crippen LogP contribution in [0.15, 0.2) is 6.33 Å². The van der Waals surface area contributed by atoms with Crippen molar-refractivity contribution in [1.29, 1.82) is 0 Å². The Morgan fingerprint density at radius 3 is 2.35 bits per heavy atom. The molecule has 0 aromatic carbocycles. The number of hydrogen-bond acceptors (Lipinski definition) is 6. The smallest absolute Gasteiger partial charge is 0.135 e. The minimum Gasteiger partial charge on any atom is -0.394 e. The van der Waals surface area contributed by atoms with Gasteiger partial charge in [-0.15, -0.1) is 0 Å². The minimum atomic E-state index is 0.0514. The lowest BCUT2D eigenvalue weighted by molar-refractivity contribution is 0.0992. The molecule has 0 spiro atoms. The molecule has 1 aromatic heterocycles. The van der Waals surface area contributed by atoms with Crippen molar-refractivity contribution in [1.82, 2.24) is 9.97 Å². The van der Waals surface area contributed by atoms with Crippen LogP contribution >= 0.6 is 0 Å². The standard InChI is InChI=1S/C14H26N4O2/c1-4-5-15-13-12(11(2)3)14(18-10-17-13)16-6-8-20-9-7-19/h10-11,19H,4-9H2,1-3H3,(H2,15,16,17,18).